The Kier molecular flexibility index (Phi) is 3.79. The molecule has 1 aromatic carbocycles. The van der Waals surface area contributed by atoms with Crippen LogP contribution in [0.25, 0.3) is 0 Å². The van der Waals surface area contributed by atoms with Crippen LogP contribution in [0.15, 0.2) is 21.6 Å². The minimum absolute atomic E-state index is 0.100. The Hall–Kier alpha value is -0.830. The normalized spacial score (nSPS) is 13.0. The van der Waals surface area contributed by atoms with E-state index >= 15 is 0 Å². The number of aliphatic imine (C=N–C) groups is 1. The largest absolute Gasteiger partial charge is 0.387 e. The molecule has 0 aromatic heterocycles. The molecule has 0 radical (unpaired) electrons. The topological polar surface area (TPSA) is 38.4 Å². The van der Waals surface area contributed by atoms with Crippen molar-refractivity contribution in [1.82, 2.24) is 0 Å². The summed E-state index contributed by atoms with van der Waals surface area (Å²) in [6, 6.07) is 4.17. The van der Waals surface area contributed by atoms with Crippen molar-refractivity contribution < 1.29 is 0 Å². The van der Waals surface area contributed by atoms with Crippen LogP contribution in [-0.4, -0.2) is 5.84 Å². The van der Waals surface area contributed by atoms with Crippen molar-refractivity contribution in [2.75, 3.05) is 0 Å². The lowest BCUT2D eigenvalue weighted by atomic mass is 9.95. The van der Waals surface area contributed by atoms with Gasteiger partial charge in [0.2, 0.25) is 0 Å². The molecule has 0 aliphatic rings. The van der Waals surface area contributed by atoms with Crippen LogP contribution in [0.4, 0.5) is 5.69 Å². The van der Waals surface area contributed by atoms with Crippen LogP contribution in [0.3, 0.4) is 0 Å². The molecule has 2 N–H and O–H groups in total. The van der Waals surface area contributed by atoms with E-state index in [2.05, 4.69) is 60.8 Å². The van der Waals surface area contributed by atoms with Crippen LogP contribution in [0.1, 0.15) is 31.9 Å². The first-order chi connectivity index (χ1) is 7.21. The molecule has 0 heterocycles. The van der Waals surface area contributed by atoms with Crippen molar-refractivity contribution in [3.63, 3.8) is 0 Å². The van der Waals surface area contributed by atoms with E-state index < -0.39 is 0 Å². The highest BCUT2D eigenvalue weighted by Crippen LogP contribution is 2.31. The molecule has 1 rings (SSSR count). The van der Waals surface area contributed by atoms with Crippen LogP contribution in [0.5, 0.6) is 0 Å². The Morgan fingerprint density at radius 2 is 1.81 bits per heavy atom. The van der Waals surface area contributed by atoms with Crippen molar-refractivity contribution in [2.45, 2.75) is 34.6 Å². The van der Waals surface area contributed by atoms with Crippen molar-refractivity contribution in [3.8, 4) is 0 Å². The summed E-state index contributed by atoms with van der Waals surface area (Å²) in [5.74, 6) is 0.653. The molecule has 0 bridgehead atoms. The minimum atomic E-state index is -0.100. The van der Waals surface area contributed by atoms with Crippen LogP contribution >= 0.6 is 15.9 Å². The molecule has 1 aromatic rings. The summed E-state index contributed by atoms with van der Waals surface area (Å²) in [5, 5.41) is 0. The van der Waals surface area contributed by atoms with E-state index in [4.69, 9.17) is 5.73 Å². The van der Waals surface area contributed by atoms with Crippen molar-refractivity contribution >= 4 is 27.5 Å². The summed E-state index contributed by atoms with van der Waals surface area (Å²) < 4.78 is 0.997. The van der Waals surface area contributed by atoms with E-state index in [0.29, 0.717) is 5.84 Å². The zero-order valence-electron chi connectivity index (χ0n) is 10.6. The molecule has 0 saturated heterocycles. The number of nitrogens with two attached hydrogens (primary N) is 1. The number of hydrogen-bond acceptors (Lipinski definition) is 1. The third-order valence-corrected chi connectivity index (χ3v) is 3.00. The summed E-state index contributed by atoms with van der Waals surface area (Å²) in [7, 11) is 0. The van der Waals surface area contributed by atoms with Crippen LogP contribution in [0.2, 0.25) is 0 Å². The molecule has 0 fully saturated rings. The zero-order valence-corrected chi connectivity index (χ0v) is 12.1. The Labute approximate surface area is 106 Å². The molecular formula is C13H19BrN2. The lowest BCUT2D eigenvalue weighted by molar-refractivity contribution is 0.585. The molecule has 88 valence electrons. The van der Waals surface area contributed by atoms with E-state index in [1.54, 1.807) is 0 Å². The minimum Gasteiger partial charge on any atom is -0.387 e. The average Bonchev–Trinajstić information content (AvgIpc) is 2.08. The first-order valence-corrected chi connectivity index (χ1v) is 6.12. The summed E-state index contributed by atoms with van der Waals surface area (Å²) in [4.78, 5) is 4.52. The maximum atomic E-state index is 5.99. The second-order valence-electron chi connectivity index (χ2n) is 5.16. The molecule has 0 spiro atoms. The fourth-order valence-electron chi connectivity index (χ4n) is 1.34. The summed E-state index contributed by atoms with van der Waals surface area (Å²) in [6.07, 6.45) is 0. The third-order valence-electron chi connectivity index (χ3n) is 2.40. The van der Waals surface area contributed by atoms with Gasteiger partial charge in [-0.1, -0.05) is 26.8 Å². The fourth-order valence-corrected chi connectivity index (χ4v) is 2.10. The van der Waals surface area contributed by atoms with Gasteiger partial charge in [-0.25, -0.2) is 4.99 Å². The maximum Gasteiger partial charge on any atom is 0.105 e. The van der Waals surface area contributed by atoms with Crippen LogP contribution < -0.4 is 5.73 Å². The average molecular weight is 283 g/mol. The van der Waals surface area contributed by atoms with Gasteiger partial charge in [-0.3, -0.25) is 0 Å². The summed E-state index contributed by atoms with van der Waals surface area (Å²) in [5.41, 5.74) is 9.17. The standard InChI is InChI=1S/C13H19BrN2/c1-8-6-9(2)11(10(14)7-8)16-12(15)13(3,4)5/h6-7H,1-5H3,(H2,15,16). The van der Waals surface area contributed by atoms with E-state index in [1.165, 1.54) is 5.56 Å². The summed E-state index contributed by atoms with van der Waals surface area (Å²) >= 11 is 3.53. The SMILES string of the molecule is Cc1cc(C)c(N=C(N)C(C)(C)C)c(Br)c1. The highest BCUT2D eigenvalue weighted by atomic mass is 79.9. The lowest BCUT2D eigenvalue weighted by Crippen LogP contribution is -2.28. The molecule has 0 unspecified atom stereocenters. The molecular weight excluding hydrogens is 264 g/mol. The maximum absolute atomic E-state index is 5.99. The Morgan fingerprint density at radius 3 is 2.25 bits per heavy atom. The zero-order chi connectivity index (χ0) is 12.5. The fraction of sp³-hybridized carbons (Fsp3) is 0.462. The second-order valence-corrected chi connectivity index (χ2v) is 6.01. The number of nitrogens with zero attached hydrogens (tertiary/aromatic N) is 1. The molecule has 0 aliphatic carbocycles. The number of hydrogen-bond donors (Lipinski definition) is 1. The van der Waals surface area contributed by atoms with E-state index in [1.807, 2.05) is 6.92 Å². The number of aryl methyl sites for hydroxylation is 2. The molecule has 0 saturated carbocycles. The van der Waals surface area contributed by atoms with Crippen LogP contribution in [0, 0.1) is 19.3 Å². The molecule has 16 heavy (non-hydrogen) atoms. The van der Waals surface area contributed by atoms with Crippen LogP contribution in [-0.2, 0) is 0 Å². The number of amidine groups is 1. The highest BCUT2D eigenvalue weighted by Gasteiger charge is 2.16. The van der Waals surface area contributed by atoms with Gasteiger partial charge >= 0.3 is 0 Å². The molecule has 0 atom stereocenters. The Morgan fingerprint density at radius 1 is 1.25 bits per heavy atom. The smallest absolute Gasteiger partial charge is 0.105 e. The van der Waals surface area contributed by atoms with Gasteiger partial charge in [-0.05, 0) is 47.0 Å². The van der Waals surface area contributed by atoms with Gasteiger partial charge in [0.1, 0.15) is 5.84 Å². The number of benzene rings is 1. The quantitative estimate of drug-likeness (QED) is 0.611. The van der Waals surface area contributed by atoms with Crippen molar-refractivity contribution in [3.05, 3.63) is 27.7 Å². The van der Waals surface area contributed by atoms with Gasteiger partial charge in [0.05, 0.1) is 5.69 Å². The highest BCUT2D eigenvalue weighted by molar-refractivity contribution is 9.10. The van der Waals surface area contributed by atoms with Crippen molar-refractivity contribution in [2.24, 2.45) is 16.1 Å². The van der Waals surface area contributed by atoms with Gasteiger partial charge in [0.15, 0.2) is 0 Å². The van der Waals surface area contributed by atoms with E-state index in [9.17, 15) is 0 Å². The van der Waals surface area contributed by atoms with Gasteiger partial charge < -0.3 is 5.73 Å². The van der Waals surface area contributed by atoms with Gasteiger partial charge in [0, 0.05) is 9.89 Å². The monoisotopic (exact) mass is 282 g/mol. The number of rotatable bonds is 1. The first-order valence-electron chi connectivity index (χ1n) is 5.33. The molecule has 0 aliphatic heterocycles. The molecule has 2 nitrogen and oxygen atoms in total. The Balaban J connectivity index is 3.26. The molecule has 3 heteroatoms. The van der Waals surface area contributed by atoms with Crippen molar-refractivity contribution in [1.29, 1.82) is 0 Å². The molecule has 0 amide bonds. The first kappa shape index (κ1) is 13.2. The van der Waals surface area contributed by atoms with Gasteiger partial charge in [0.25, 0.3) is 0 Å². The predicted molar refractivity (Wildman–Crippen MR) is 74.4 cm³/mol. The second kappa shape index (κ2) is 4.58. The summed E-state index contributed by atoms with van der Waals surface area (Å²) in [6.45, 7) is 10.3. The Bertz CT molecular complexity index is 405. The van der Waals surface area contributed by atoms with Gasteiger partial charge in [-0.15, -0.1) is 0 Å². The van der Waals surface area contributed by atoms with Gasteiger partial charge in [-0.2, -0.15) is 0 Å². The van der Waals surface area contributed by atoms with E-state index in [-0.39, 0.29) is 5.41 Å². The predicted octanol–water partition coefficient (Wildman–Crippen LogP) is 4.10. The third kappa shape index (κ3) is 3.08. The lowest BCUT2D eigenvalue weighted by Gasteiger charge is -2.18. The number of halogens is 1. The van der Waals surface area contributed by atoms with E-state index in [0.717, 1.165) is 15.7 Å².